The van der Waals surface area contributed by atoms with Crippen LogP contribution in [0.2, 0.25) is 0 Å². The number of hydrogen-bond acceptors (Lipinski definition) is 7. The minimum atomic E-state index is -0.734. The highest BCUT2D eigenvalue weighted by molar-refractivity contribution is 5.93. The standard InChI is InChI=1S/C27H24FN3O6/c1-3-13-15-8-21-24-16(10-31(21)25(33)17(15)11-37-26(13)34)23-19(30-27(35)36-7-6-32)5-4-14-12(2)18(28)9-20(29-24)22(14)23/h6,8-9,13,19H,3-5,7,10-11H2,1-2H3,(H,30,35). The Morgan fingerprint density at radius 2 is 2.11 bits per heavy atom. The fourth-order valence-electron chi connectivity index (χ4n) is 6.01. The highest BCUT2D eigenvalue weighted by Crippen LogP contribution is 2.45. The monoisotopic (exact) mass is 505 g/mol. The number of hydrogen-bond donors (Lipinski definition) is 1. The van der Waals surface area contributed by atoms with E-state index in [0.29, 0.717) is 59.1 Å². The maximum absolute atomic E-state index is 14.9. The molecule has 0 saturated carbocycles. The van der Waals surface area contributed by atoms with Crippen LogP contribution < -0.4 is 10.9 Å². The Kier molecular flexibility index (Phi) is 5.36. The van der Waals surface area contributed by atoms with E-state index in [0.717, 1.165) is 22.1 Å². The maximum Gasteiger partial charge on any atom is 0.408 e. The number of cyclic esters (lactones) is 1. The summed E-state index contributed by atoms with van der Waals surface area (Å²) in [7, 11) is 0. The second kappa shape index (κ2) is 8.50. The number of rotatable bonds is 4. The Balaban J connectivity index is 1.59. The average molecular weight is 506 g/mol. The number of pyridine rings is 2. The zero-order valence-electron chi connectivity index (χ0n) is 20.4. The summed E-state index contributed by atoms with van der Waals surface area (Å²) < 4.78 is 26.7. The molecule has 9 nitrogen and oxygen atoms in total. The number of carbonyl (C=O) groups is 3. The third-order valence-electron chi connectivity index (χ3n) is 7.77. The quantitative estimate of drug-likeness (QED) is 0.334. The van der Waals surface area contributed by atoms with Crippen LogP contribution >= 0.6 is 0 Å². The lowest BCUT2D eigenvalue weighted by molar-refractivity contribution is -0.148. The second-order valence-electron chi connectivity index (χ2n) is 9.63. The zero-order chi connectivity index (χ0) is 26.0. The van der Waals surface area contributed by atoms with Crippen LogP contribution in [-0.4, -0.2) is 34.5 Å². The van der Waals surface area contributed by atoms with E-state index in [4.69, 9.17) is 14.5 Å². The van der Waals surface area contributed by atoms with Crippen LogP contribution in [0.3, 0.4) is 0 Å². The van der Waals surface area contributed by atoms with Gasteiger partial charge in [-0.1, -0.05) is 6.92 Å². The molecular formula is C27H24FN3O6. The number of aryl methyl sites for hydroxylation is 1. The smallest absolute Gasteiger partial charge is 0.408 e. The van der Waals surface area contributed by atoms with Gasteiger partial charge in [-0.15, -0.1) is 0 Å². The number of benzene rings is 1. The number of nitrogens with one attached hydrogen (secondary N) is 1. The van der Waals surface area contributed by atoms with Gasteiger partial charge >= 0.3 is 12.1 Å². The van der Waals surface area contributed by atoms with Crippen molar-refractivity contribution in [1.82, 2.24) is 14.9 Å². The lowest BCUT2D eigenvalue weighted by Gasteiger charge is -2.29. The molecule has 0 fully saturated rings. The van der Waals surface area contributed by atoms with Gasteiger partial charge in [0.2, 0.25) is 0 Å². The van der Waals surface area contributed by atoms with E-state index >= 15 is 0 Å². The first-order chi connectivity index (χ1) is 17.8. The van der Waals surface area contributed by atoms with Gasteiger partial charge in [-0.25, -0.2) is 14.2 Å². The number of aromatic nitrogens is 2. The van der Waals surface area contributed by atoms with Crippen LogP contribution in [0, 0.1) is 12.7 Å². The normalized spacial score (nSPS) is 19.1. The topological polar surface area (TPSA) is 117 Å². The predicted octanol–water partition coefficient (Wildman–Crippen LogP) is 3.34. The van der Waals surface area contributed by atoms with Crippen molar-refractivity contribution < 1.29 is 28.2 Å². The molecule has 4 heterocycles. The molecule has 2 aromatic heterocycles. The largest absolute Gasteiger partial charge is 0.460 e. The van der Waals surface area contributed by atoms with Crippen molar-refractivity contribution in [3.05, 3.63) is 61.7 Å². The first-order valence-corrected chi connectivity index (χ1v) is 12.3. The van der Waals surface area contributed by atoms with Crippen LogP contribution in [0.15, 0.2) is 16.9 Å². The minimum Gasteiger partial charge on any atom is -0.460 e. The summed E-state index contributed by atoms with van der Waals surface area (Å²) >= 11 is 0. The molecule has 0 spiro atoms. The second-order valence-corrected chi connectivity index (χ2v) is 9.63. The highest BCUT2D eigenvalue weighted by Gasteiger charge is 2.37. The molecule has 10 heteroatoms. The van der Waals surface area contributed by atoms with E-state index in [1.54, 1.807) is 11.5 Å². The minimum absolute atomic E-state index is 0.0797. The Bertz CT molecular complexity index is 1590. The third-order valence-corrected chi connectivity index (χ3v) is 7.77. The molecule has 3 aromatic rings. The van der Waals surface area contributed by atoms with Crippen molar-refractivity contribution in [3.63, 3.8) is 0 Å². The van der Waals surface area contributed by atoms with Gasteiger partial charge in [0.25, 0.3) is 5.56 Å². The molecule has 190 valence electrons. The number of amides is 1. The van der Waals surface area contributed by atoms with Gasteiger partial charge < -0.3 is 19.4 Å². The predicted molar refractivity (Wildman–Crippen MR) is 130 cm³/mol. The lowest BCUT2D eigenvalue weighted by atomic mass is 9.81. The van der Waals surface area contributed by atoms with Crippen molar-refractivity contribution in [3.8, 4) is 11.4 Å². The molecule has 37 heavy (non-hydrogen) atoms. The molecule has 3 aliphatic rings. The Labute approximate surface area is 210 Å². The third kappa shape index (κ3) is 3.38. The fraction of sp³-hybridized carbons (Fsp3) is 0.370. The SMILES string of the molecule is CCC1C(=O)OCc2c1cc1n(c2=O)Cc2c-1nc1cc(F)c(C)c3c1c2C(NC(=O)OCC=O)CC3. The summed E-state index contributed by atoms with van der Waals surface area (Å²) in [5, 5.41) is 3.61. The highest BCUT2D eigenvalue weighted by atomic mass is 19.1. The fourth-order valence-corrected chi connectivity index (χ4v) is 6.01. The molecule has 2 unspecified atom stereocenters. The van der Waals surface area contributed by atoms with Crippen molar-refractivity contribution in [2.45, 2.75) is 58.2 Å². The molecule has 0 bridgehead atoms. The van der Waals surface area contributed by atoms with Crippen LogP contribution in [0.4, 0.5) is 9.18 Å². The van der Waals surface area contributed by atoms with E-state index in [9.17, 15) is 23.6 Å². The zero-order valence-corrected chi connectivity index (χ0v) is 20.4. The molecule has 2 aliphatic heterocycles. The number of carbonyl (C=O) groups excluding carboxylic acids is 3. The molecule has 0 radical (unpaired) electrons. The molecule has 6 rings (SSSR count). The van der Waals surface area contributed by atoms with E-state index in [2.05, 4.69) is 5.32 Å². The van der Waals surface area contributed by atoms with Gasteiger partial charge in [0, 0.05) is 17.0 Å². The Morgan fingerprint density at radius 1 is 1.30 bits per heavy atom. The molecule has 1 aromatic carbocycles. The summed E-state index contributed by atoms with van der Waals surface area (Å²) in [5.74, 6) is -1.27. The molecule has 1 N–H and O–H groups in total. The number of alkyl carbamates (subject to hydrolysis) is 1. The van der Waals surface area contributed by atoms with Gasteiger partial charge in [0.05, 0.1) is 41.0 Å². The summed E-state index contributed by atoms with van der Waals surface area (Å²) in [6, 6.07) is 2.73. The lowest BCUT2D eigenvalue weighted by Crippen LogP contribution is -2.33. The number of ether oxygens (including phenoxy) is 2. The molecule has 1 aliphatic carbocycles. The van der Waals surface area contributed by atoms with Gasteiger partial charge in [-0.05, 0) is 54.5 Å². The molecule has 2 atom stereocenters. The maximum atomic E-state index is 14.9. The van der Waals surface area contributed by atoms with Gasteiger partial charge in [-0.3, -0.25) is 14.4 Å². The average Bonchev–Trinajstić information content (AvgIpc) is 3.25. The van der Waals surface area contributed by atoms with Crippen molar-refractivity contribution in [2.24, 2.45) is 0 Å². The number of nitrogens with zero attached hydrogens (tertiary/aromatic N) is 2. The van der Waals surface area contributed by atoms with Crippen molar-refractivity contribution in [2.75, 3.05) is 6.61 Å². The summed E-state index contributed by atoms with van der Waals surface area (Å²) in [6.07, 6.45) is 1.25. The Morgan fingerprint density at radius 3 is 2.86 bits per heavy atom. The van der Waals surface area contributed by atoms with Gasteiger partial charge in [0.1, 0.15) is 19.0 Å². The summed E-state index contributed by atoms with van der Waals surface area (Å²) in [4.78, 5) is 53.8. The van der Waals surface area contributed by atoms with Gasteiger partial charge in [0.15, 0.2) is 6.29 Å². The summed E-state index contributed by atoms with van der Waals surface area (Å²) in [6.45, 7) is 3.36. The summed E-state index contributed by atoms with van der Waals surface area (Å²) in [5.41, 5.74) is 5.26. The number of esters is 1. The van der Waals surface area contributed by atoms with Crippen molar-refractivity contribution in [1.29, 1.82) is 0 Å². The molecule has 0 saturated heterocycles. The van der Waals surface area contributed by atoms with Crippen LogP contribution in [0.5, 0.6) is 0 Å². The Hall–Kier alpha value is -4.08. The first kappa shape index (κ1) is 23.3. The number of aldehydes is 1. The van der Waals surface area contributed by atoms with E-state index in [1.807, 2.05) is 13.0 Å². The van der Waals surface area contributed by atoms with Crippen LogP contribution in [0.1, 0.15) is 65.1 Å². The van der Waals surface area contributed by atoms with Crippen LogP contribution in [-0.2, 0) is 38.6 Å². The van der Waals surface area contributed by atoms with Crippen LogP contribution in [0.25, 0.3) is 22.3 Å². The van der Waals surface area contributed by atoms with Crippen molar-refractivity contribution >= 4 is 29.3 Å². The van der Waals surface area contributed by atoms with Gasteiger partial charge in [-0.2, -0.15) is 0 Å². The molecule has 1 amide bonds. The van der Waals surface area contributed by atoms with E-state index in [-0.39, 0.29) is 37.1 Å². The first-order valence-electron chi connectivity index (χ1n) is 12.3. The van der Waals surface area contributed by atoms with E-state index in [1.165, 1.54) is 6.07 Å². The number of halogens is 1. The number of fused-ring (bicyclic) bond motifs is 5. The molecular weight excluding hydrogens is 481 g/mol. The van der Waals surface area contributed by atoms with E-state index < -0.39 is 18.1 Å².